The summed E-state index contributed by atoms with van der Waals surface area (Å²) >= 11 is 0. The number of fused-ring (bicyclic) bond motifs is 1. The van der Waals surface area contributed by atoms with Crippen LogP contribution in [0.1, 0.15) is 37.1 Å². The number of benzene rings is 1. The fourth-order valence-corrected chi connectivity index (χ4v) is 2.79. The van der Waals surface area contributed by atoms with E-state index in [1.807, 2.05) is 12.1 Å². The first-order chi connectivity index (χ1) is 9.69. The average Bonchev–Trinajstić information content (AvgIpc) is 2.46. The maximum atomic E-state index is 12.1. The van der Waals surface area contributed by atoms with Crippen LogP contribution in [0.2, 0.25) is 0 Å². The summed E-state index contributed by atoms with van der Waals surface area (Å²) in [5.41, 5.74) is 2.89. The molecule has 0 radical (unpaired) electrons. The fraction of sp³-hybridized carbons (Fsp3) is 0.375. The van der Waals surface area contributed by atoms with Crippen LogP contribution in [-0.2, 0) is 0 Å². The molecule has 2 aromatic rings. The molecule has 1 aromatic heterocycles. The molecule has 0 unspecified atom stereocenters. The summed E-state index contributed by atoms with van der Waals surface area (Å²) in [5.74, 6) is 1.41. The van der Waals surface area contributed by atoms with Crippen LogP contribution in [-0.4, -0.2) is 17.1 Å². The number of nitrogens with one attached hydrogen (secondary N) is 1. The molecule has 0 saturated heterocycles. The quantitative estimate of drug-likeness (QED) is 0.911. The molecule has 4 heteroatoms. The summed E-state index contributed by atoms with van der Waals surface area (Å²) in [6.07, 6.45) is 6.82. The number of aromatic amines is 1. The summed E-state index contributed by atoms with van der Waals surface area (Å²) in [6.45, 7) is 1.78. The van der Waals surface area contributed by atoms with Gasteiger partial charge in [0.25, 0.3) is 5.56 Å². The van der Waals surface area contributed by atoms with Crippen LogP contribution in [0.15, 0.2) is 23.0 Å². The number of nitrogens with zero attached hydrogens (tertiary/aromatic N) is 1. The summed E-state index contributed by atoms with van der Waals surface area (Å²) in [7, 11) is 1.66. The van der Waals surface area contributed by atoms with Crippen molar-refractivity contribution in [2.45, 2.75) is 32.6 Å². The molecule has 1 heterocycles. The molecule has 1 N–H and O–H groups in total. The molecule has 0 atom stereocenters. The minimum Gasteiger partial charge on any atom is -0.496 e. The Labute approximate surface area is 117 Å². The maximum Gasteiger partial charge on any atom is 0.258 e. The molecule has 1 aliphatic rings. The van der Waals surface area contributed by atoms with Gasteiger partial charge in [0.1, 0.15) is 11.6 Å². The van der Waals surface area contributed by atoms with Gasteiger partial charge in [-0.15, -0.1) is 0 Å². The lowest BCUT2D eigenvalue weighted by molar-refractivity contribution is 0.413. The lowest BCUT2D eigenvalue weighted by Gasteiger charge is -2.16. The van der Waals surface area contributed by atoms with E-state index in [2.05, 4.69) is 16.0 Å². The summed E-state index contributed by atoms with van der Waals surface area (Å²) in [6, 6.07) is 3.78. The number of H-pyrrole nitrogens is 1. The van der Waals surface area contributed by atoms with Crippen molar-refractivity contribution in [3.8, 4) is 5.75 Å². The van der Waals surface area contributed by atoms with Gasteiger partial charge in [-0.1, -0.05) is 6.08 Å². The number of hydrogen-bond acceptors (Lipinski definition) is 3. The van der Waals surface area contributed by atoms with Gasteiger partial charge in [0.2, 0.25) is 0 Å². The molecule has 1 aromatic carbocycles. The Bertz CT molecular complexity index is 744. The van der Waals surface area contributed by atoms with Crippen molar-refractivity contribution in [3.63, 3.8) is 0 Å². The number of hydrogen-bond donors (Lipinski definition) is 1. The largest absolute Gasteiger partial charge is 0.496 e. The standard InChI is InChI=1S/C16H18N2O2/c1-10-17-14-9-15(20-2)12(8-13(14)16(19)18-10)11-6-4-3-5-7-11/h6,8-9H,3-5,7H2,1-2H3,(H,17,18,19). The van der Waals surface area contributed by atoms with E-state index in [0.29, 0.717) is 16.7 Å². The van der Waals surface area contributed by atoms with Crippen molar-refractivity contribution >= 4 is 16.5 Å². The van der Waals surface area contributed by atoms with Gasteiger partial charge in [-0.3, -0.25) is 4.79 Å². The van der Waals surface area contributed by atoms with Crippen molar-refractivity contribution < 1.29 is 4.74 Å². The highest BCUT2D eigenvalue weighted by atomic mass is 16.5. The Morgan fingerprint density at radius 1 is 1.30 bits per heavy atom. The lowest BCUT2D eigenvalue weighted by atomic mass is 9.92. The Morgan fingerprint density at radius 3 is 2.85 bits per heavy atom. The lowest BCUT2D eigenvalue weighted by Crippen LogP contribution is -2.10. The normalized spacial score (nSPS) is 15.2. The number of allylic oxidation sites excluding steroid dienone is 2. The van der Waals surface area contributed by atoms with Gasteiger partial charge in [0.15, 0.2) is 0 Å². The zero-order valence-corrected chi connectivity index (χ0v) is 11.8. The van der Waals surface area contributed by atoms with Crippen LogP contribution >= 0.6 is 0 Å². The number of aromatic nitrogens is 2. The van der Waals surface area contributed by atoms with E-state index in [1.54, 1.807) is 14.0 Å². The predicted octanol–water partition coefficient (Wildman–Crippen LogP) is 3.20. The van der Waals surface area contributed by atoms with Gasteiger partial charge in [-0.25, -0.2) is 4.98 Å². The fourth-order valence-electron chi connectivity index (χ4n) is 2.79. The molecular formula is C16H18N2O2. The van der Waals surface area contributed by atoms with E-state index in [-0.39, 0.29) is 5.56 Å². The smallest absolute Gasteiger partial charge is 0.258 e. The van der Waals surface area contributed by atoms with E-state index in [0.717, 1.165) is 24.2 Å². The third kappa shape index (κ3) is 2.22. The Kier molecular flexibility index (Phi) is 3.30. The summed E-state index contributed by atoms with van der Waals surface area (Å²) in [5, 5.41) is 0.623. The molecular weight excluding hydrogens is 252 g/mol. The third-order valence-corrected chi connectivity index (χ3v) is 3.78. The third-order valence-electron chi connectivity index (χ3n) is 3.78. The van der Waals surface area contributed by atoms with Crippen molar-refractivity contribution in [3.05, 3.63) is 40.0 Å². The summed E-state index contributed by atoms with van der Waals surface area (Å²) < 4.78 is 5.49. The Morgan fingerprint density at radius 2 is 2.15 bits per heavy atom. The van der Waals surface area contributed by atoms with Gasteiger partial charge in [0.05, 0.1) is 18.0 Å². The molecule has 0 saturated carbocycles. The molecule has 0 fully saturated rings. The first-order valence-corrected chi connectivity index (χ1v) is 6.97. The van der Waals surface area contributed by atoms with Crippen LogP contribution in [0.3, 0.4) is 0 Å². The highest BCUT2D eigenvalue weighted by Crippen LogP contribution is 2.34. The van der Waals surface area contributed by atoms with E-state index < -0.39 is 0 Å². The first-order valence-electron chi connectivity index (χ1n) is 6.97. The van der Waals surface area contributed by atoms with Crippen LogP contribution in [0.4, 0.5) is 0 Å². The molecule has 0 spiro atoms. The zero-order chi connectivity index (χ0) is 14.1. The van der Waals surface area contributed by atoms with Crippen molar-refractivity contribution in [1.29, 1.82) is 0 Å². The second kappa shape index (κ2) is 5.12. The SMILES string of the molecule is COc1cc2nc(C)[nH]c(=O)c2cc1C1=CCCCC1. The van der Waals surface area contributed by atoms with Gasteiger partial charge in [0, 0.05) is 11.6 Å². The Balaban J connectivity index is 2.26. The van der Waals surface area contributed by atoms with Crippen LogP contribution < -0.4 is 10.3 Å². The highest BCUT2D eigenvalue weighted by molar-refractivity contribution is 5.86. The maximum absolute atomic E-state index is 12.1. The van der Waals surface area contributed by atoms with E-state index in [4.69, 9.17) is 4.74 Å². The number of rotatable bonds is 2. The van der Waals surface area contributed by atoms with Crippen LogP contribution in [0, 0.1) is 6.92 Å². The Hall–Kier alpha value is -2.10. The summed E-state index contributed by atoms with van der Waals surface area (Å²) in [4.78, 5) is 19.2. The minimum atomic E-state index is -0.0900. The van der Waals surface area contributed by atoms with Crippen LogP contribution in [0.5, 0.6) is 5.75 Å². The predicted molar refractivity (Wildman–Crippen MR) is 80.1 cm³/mol. The van der Waals surface area contributed by atoms with Crippen molar-refractivity contribution in [2.75, 3.05) is 7.11 Å². The molecule has 104 valence electrons. The first kappa shape index (κ1) is 12.9. The van der Waals surface area contributed by atoms with E-state index in [1.165, 1.54) is 18.4 Å². The van der Waals surface area contributed by atoms with E-state index >= 15 is 0 Å². The van der Waals surface area contributed by atoms with Crippen LogP contribution in [0.25, 0.3) is 16.5 Å². The molecule has 3 rings (SSSR count). The second-order valence-corrected chi connectivity index (χ2v) is 5.20. The number of aryl methyl sites for hydroxylation is 1. The second-order valence-electron chi connectivity index (χ2n) is 5.20. The van der Waals surface area contributed by atoms with Gasteiger partial charge >= 0.3 is 0 Å². The molecule has 4 nitrogen and oxygen atoms in total. The van der Waals surface area contributed by atoms with Crippen molar-refractivity contribution in [1.82, 2.24) is 9.97 Å². The van der Waals surface area contributed by atoms with Gasteiger partial charge in [-0.05, 0) is 44.2 Å². The monoisotopic (exact) mass is 270 g/mol. The number of ether oxygens (including phenoxy) is 1. The van der Waals surface area contributed by atoms with Crippen molar-refractivity contribution in [2.24, 2.45) is 0 Å². The molecule has 20 heavy (non-hydrogen) atoms. The minimum absolute atomic E-state index is 0.0900. The topological polar surface area (TPSA) is 55.0 Å². The van der Waals surface area contributed by atoms with Gasteiger partial charge in [-0.2, -0.15) is 0 Å². The average molecular weight is 270 g/mol. The molecule has 0 bridgehead atoms. The van der Waals surface area contributed by atoms with E-state index in [9.17, 15) is 4.79 Å². The van der Waals surface area contributed by atoms with Gasteiger partial charge < -0.3 is 9.72 Å². The zero-order valence-electron chi connectivity index (χ0n) is 11.8. The number of methoxy groups -OCH3 is 1. The molecule has 0 amide bonds. The molecule has 0 aliphatic heterocycles. The highest BCUT2D eigenvalue weighted by Gasteiger charge is 2.14. The molecule has 1 aliphatic carbocycles.